The van der Waals surface area contributed by atoms with Gasteiger partial charge in [-0.15, -0.1) is 0 Å². The van der Waals surface area contributed by atoms with E-state index >= 15 is 0 Å². The van der Waals surface area contributed by atoms with Crippen LogP contribution in [-0.2, 0) is 26.5 Å². The van der Waals surface area contributed by atoms with Crippen molar-refractivity contribution in [3.8, 4) is 0 Å². The largest absolute Gasteiger partial charge is 0.460 e. The molecule has 3 atom stereocenters. The SMILES string of the molecule is O=C(OCc1ccccc1)[C@]12C=Cc3ccccc3[C@]13OCC[C@@H]3C2. The Hall–Kier alpha value is -2.39. The van der Waals surface area contributed by atoms with Gasteiger partial charge in [-0.2, -0.15) is 0 Å². The lowest BCUT2D eigenvalue weighted by molar-refractivity contribution is -0.214. The third-order valence-electron chi connectivity index (χ3n) is 6.09. The van der Waals surface area contributed by atoms with Crippen LogP contribution in [0.15, 0.2) is 60.7 Å². The van der Waals surface area contributed by atoms with Crippen LogP contribution in [-0.4, -0.2) is 12.6 Å². The number of ether oxygens (including phenoxy) is 2. The molecular formula is C22H20O3. The smallest absolute Gasteiger partial charge is 0.319 e. The first-order valence-corrected chi connectivity index (χ1v) is 8.90. The molecule has 0 radical (unpaired) electrons. The fourth-order valence-corrected chi connectivity index (χ4v) is 4.93. The third-order valence-corrected chi connectivity index (χ3v) is 6.09. The van der Waals surface area contributed by atoms with Gasteiger partial charge in [0, 0.05) is 6.61 Å². The van der Waals surface area contributed by atoms with Crippen LogP contribution in [0.25, 0.3) is 6.08 Å². The number of carbonyl (C=O) groups is 1. The van der Waals surface area contributed by atoms with Crippen LogP contribution in [0, 0.1) is 11.3 Å². The standard InChI is InChI=1S/C22H20O3/c23-20(24-15-16-6-2-1-3-7-16)21-12-10-17-8-4-5-9-19(17)22(21)18(14-21)11-13-25-22/h1-10,12,18H,11,13-15H2/t18-,21-,22+/m1/s1. The molecule has 3 aliphatic rings. The van der Waals surface area contributed by atoms with Crippen LogP contribution in [0.1, 0.15) is 29.5 Å². The number of esters is 1. The average Bonchev–Trinajstić information content (AvgIpc) is 2.97. The summed E-state index contributed by atoms with van der Waals surface area (Å²) in [5.74, 6) is 0.225. The first-order valence-electron chi connectivity index (χ1n) is 8.90. The van der Waals surface area contributed by atoms with E-state index in [0.717, 1.165) is 29.5 Å². The van der Waals surface area contributed by atoms with Crippen molar-refractivity contribution in [2.24, 2.45) is 11.3 Å². The van der Waals surface area contributed by atoms with E-state index < -0.39 is 11.0 Å². The van der Waals surface area contributed by atoms with Gasteiger partial charge in [0.2, 0.25) is 0 Å². The van der Waals surface area contributed by atoms with E-state index in [0.29, 0.717) is 19.1 Å². The third kappa shape index (κ3) is 1.87. The fourth-order valence-electron chi connectivity index (χ4n) is 4.93. The molecule has 5 rings (SSSR count). The highest BCUT2D eigenvalue weighted by Crippen LogP contribution is 2.69. The molecule has 0 aromatic heterocycles. The van der Waals surface area contributed by atoms with E-state index in [-0.39, 0.29) is 5.97 Å². The van der Waals surface area contributed by atoms with Crippen molar-refractivity contribution < 1.29 is 14.3 Å². The van der Waals surface area contributed by atoms with Crippen LogP contribution in [0.3, 0.4) is 0 Å². The molecule has 1 heterocycles. The van der Waals surface area contributed by atoms with E-state index in [9.17, 15) is 4.79 Å². The van der Waals surface area contributed by atoms with Crippen molar-refractivity contribution in [2.45, 2.75) is 25.0 Å². The topological polar surface area (TPSA) is 35.5 Å². The zero-order valence-corrected chi connectivity index (χ0v) is 14.0. The highest BCUT2D eigenvalue weighted by Gasteiger charge is 2.73. The molecule has 0 bridgehead atoms. The summed E-state index contributed by atoms with van der Waals surface area (Å²) in [6, 6.07) is 18.1. The van der Waals surface area contributed by atoms with Crippen LogP contribution < -0.4 is 0 Å². The van der Waals surface area contributed by atoms with Crippen molar-refractivity contribution in [1.82, 2.24) is 0 Å². The Kier molecular flexibility index (Phi) is 3.16. The summed E-state index contributed by atoms with van der Waals surface area (Å²) < 4.78 is 12.0. The van der Waals surface area contributed by atoms with Crippen LogP contribution in [0.5, 0.6) is 0 Å². The molecule has 0 unspecified atom stereocenters. The minimum Gasteiger partial charge on any atom is -0.460 e. The molecule has 0 N–H and O–H groups in total. The lowest BCUT2D eigenvalue weighted by atomic mass is 9.46. The highest BCUT2D eigenvalue weighted by molar-refractivity contribution is 5.87. The fraction of sp³-hybridized carbons (Fsp3) is 0.318. The van der Waals surface area contributed by atoms with Gasteiger partial charge in [0.05, 0.1) is 0 Å². The lowest BCUT2D eigenvalue weighted by Crippen LogP contribution is -2.64. The van der Waals surface area contributed by atoms with Crippen LogP contribution >= 0.6 is 0 Å². The van der Waals surface area contributed by atoms with Crippen molar-refractivity contribution in [3.05, 3.63) is 77.4 Å². The molecule has 2 aromatic carbocycles. The average molecular weight is 332 g/mol. The molecule has 126 valence electrons. The second-order valence-electron chi connectivity index (χ2n) is 7.23. The van der Waals surface area contributed by atoms with Gasteiger partial charge in [0.1, 0.15) is 17.6 Å². The minimum absolute atomic E-state index is 0.166. The zero-order valence-electron chi connectivity index (χ0n) is 14.0. The van der Waals surface area contributed by atoms with Gasteiger partial charge in [0.25, 0.3) is 0 Å². The molecule has 3 heteroatoms. The molecule has 0 amide bonds. The summed E-state index contributed by atoms with van der Waals surface area (Å²) in [6.07, 6.45) is 5.91. The molecule has 2 aliphatic carbocycles. The second-order valence-corrected chi connectivity index (χ2v) is 7.23. The van der Waals surface area contributed by atoms with E-state index in [1.165, 1.54) is 0 Å². The van der Waals surface area contributed by atoms with Crippen LogP contribution in [0.2, 0.25) is 0 Å². The summed E-state index contributed by atoms with van der Waals surface area (Å²) >= 11 is 0. The molecule has 3 nitrogen and oxygen atoms in total. The maximum Gasteiger partial charge on any atom is 0.319 e. The van der Waals surface area contributed by atoms with Crippen molar-refractivity contribution in [1.29, 1.82) is 0 Å². The number of carbonyl (C=O) groups excluding carboxylic acids is 1. The first kappa shape index (κ1) is 14.9. The molecule has 1 saturated heterocycles. The predicted octanol–water partition coefficient (Wildman–Crippen LogP) is 4.08. The summed E-state index contributed by atoms with van der Waals surface area (Å²) in [6.45, 7) is 1.01. The van der Waals surface area contributed by atoms with Gasteiger partial charge < -0.3 is 9.47 Å². The van der Waals surface area contributed by atoms with E-state index in [1.54, 1.807) is 0 Å². The normalized spacial score (nSPS) is 31.4. The van der Waals surface area contributed by atoms with Crippen molar-refractivity contribution in [2.75, 3.05) is 6.61 Å². The van der Waals surface area contributed by atoms with Gasteiger partial charge in [-0.1, -0.05) is 66.7 Å². The number of hydrogen-bond donors (Lipinski definition) is 0. The molecular weight excluding hydrogens is 312 g/mol. The lowest BCUT2D eigenvalue weighted by Gasteiger charge is -2.59. The Morgan fingerprint density at radius 3 is 2.76 bits per heavy atom. The summed E-state index contributed by atoms with van der Waals surface area (Å²) in [5, 5.41) is 0. The molecule has 2 fully saturated rings. The Labute approximate surface area is 147 Å². The van der Waals surface area contributed by atoms with Crippen molar-refractivity contribution >= 4 is 12.0 Å². The van der Waals surface area contributed by atoms with E-state index in [4.69, 9.17) is 9.47 Å². The molecule has 25 heavy (non-hydrogen) atoms. The minimum atomic E-state index is -0.683. The quantitative estimate of drug-likeness (QED) is 0.795. The van der Waals surface area contributed by atoms with Gasteiger partial charge in [-0.3, -0.25) is 4.79 Å². The Bertz CT molecular complexity index is 857. The summed E-state index contributed by atoms with van der Waals surface area (Å²) in [4.78, 5) is 13.1. The summed E-state index contributed by atoms with van der Waals surface area (Å²) in [7, 11) is 0. The molecule has 1 spiro atoms. The van der Waals surface area contributed by atoms with E-state index in [2.05, 4.69) is 18.2 Å². The van der Waals surface area contributed by atoms with Gasteiger partial charge in [-0.25, -0.2) is 0 Å². The zero-order chi connectivity index (χ0) is 16.9. The molecule has 1 aliphatic heterocycles. The van der Waals surface area contributed by atoms with Gasteiger partial charge in [-0.05, 0) is 35.4 Å². The van der Waals surface area contributed by atoms with Crippen molar-refractivity contribution in [3.63, 3.8) is 0 Å². The number of benzene rings is 2. The van der Waals surface area contributed by atoms with Gasteiger partial charge >= 0.3 is 5.97 Å². The maximum absolute atomic E-state index is 13.1. The van der Waals surface area contributed by atoms with Gasteiger partial charge in [0.15, 0.2) is 0 Å². The maximum atomic E-state index is 13.1. The van der Waals surface area contributed by atoms with E-state index in [1.807, 2.05) is 48.5 Å². The molecule has 2 aromatic rings. The first-order chi connectivity index (χ1) is 12.3. The molecule has 1 saturated carbocycles. The Morgan fingerprint density at radius 1 is 1.12 bits per heavy atom. The number of fused-ring (bicyclic) bond motifs is 1. The monoisotopic (exact) mass is 332 g/mol. The Morgan fingerprint density at radius 2 is 1.92 bits per heavy atom. The highest BCUT2D eigenvalue weighted by atomic mass is 16.5. The number of hydrogen-bond acceptors (Lipinski definition) is 3. The predicted molar refractivity (Wildman–Crippen MR) is 94.5 cm³/mol. The second kappa shape index (κ2) is 5.30. The Balaban J connectivity index is 1.49. The number of rotatable bonds is 3. The summed E-state index contributed by atoms with van der Waals surface area (Å²) in [5.41, 5.74) is 2.08. The van der Waals surface area contributed by atoms with Crippen LogP contribution in [0.4, 0.5) is 0 Å².